The van der Waals surface area contributed by atoms with Gasteiger partial charge in [0, 0.05) is 10.8 Å². The highest BCUT2D eigenvalue weighted by Gasteiger charge is 2.11. The Morgan fingerprint density at radius 1 is 1.11 bits per heavy atom. The molecule has 0 atom stereocenters. The summed E-state index contributed by atoms with van der Waals surface area (Å²) >= 11 is 0. The quantitative estimate of drug-likeness (QED) is 0.498. The Hall–Kier alpha value is -0.390. The van der Waals surface area contributed by atoms with Crippen molar-refractivity contribution in [1.29, 1.82) is 0 Å². The molecule has 1 rings (SSSR count). The van der Waals surface area contributed by atoms with E-state index in [2.05, 4.69) is 0 Å². The summed E-state index contributed by atoms with van der Waals surface area (Å²) in [7, 11) is -2.67. The molecule has 0 fully saturated rings. The van der Waals surface area contributed by atoms with Gasteiger partial charge in [-0.3, -0.25) is 0 Å². The topological polar surface area (TPSA) is 74.6 Å². The number of hydrogen-bond acceptors (Lipinski definition) is 4. The normalized spacial score (nSPS) is 18.0. The van der Waals surface area contributed by atoms with Crippen molar-refractivity contribution >= 4 is 9.84 Å². The third-order valence-corrected chi connectivity index (χ3v) is 1.17. The molecule has 4 nitrogen and oxygen atoms in total. The summed E-state index contributed by atoms with van der Waals surface area (Å²) < 4.78 is 19.3. The van der Waals surface area contributed by atoms with Crippen LogP contribution in [0.1, 0.15) is 0 Å². The third kappa shape index (κ3) is 7.61. The fourth-order valence-electron chi connectivity index (χ4n) is 0.0454. The van der Waals surface area contributed by atoms with E-state index in [1.54, 1.807) is 0 Å². The maximum atomic E-state index is 9.63. The number of aliphatic hydroxyl groups is 2. The van der Waals surface area contributed by atoms with E-state index >= 15 is 0 Å². The van der Waals surface area contributed by atoms with Crippen LogP contribution < -0.4 is 0 Å². The number of sulfone groups is 1. The first-order valence-electron chi connectivity index (χ1n) is 2.27. The van der Waals surface area contributed by atoms with Gasteiger partial charge in [0.2, 0.25) is 0 Å². The molecule has 0 aromatic heterocycles. The van der Waals surface area contributed by atoms with Crippen molar-refractivity contribution in [3.8, 4) is 0 Å². The molecule has 1 heterocycles. The SMILES string of the molecule is O=S1(=O)C=C1.OCCO. The second kappa shape index (κ2) is 3.60. The van der Waals surface area contributed by atoms with Gasteiger partial charge in [0.25, 0.3) is 0 Å². The van der Waals surface area contributed by atoms with Crippen LogP contribution in [-0.2, 0) is 9.84 Å². The molecule has 0 saturated heterocycles. The number of aliphatic hydroxyl groups excluding tert-OH is 2. The molecule has 9 heavy (non-hydrogen) atoms. The van der Waals surface area contributed by atoms with Gasteiger partial charge in [-0.1, -0.05) is 0 Å². The molecule has 0 aromatic rings. The van der Waals surface area contributed by atoms with Gasteiger partial charge in [-0.05, 0) is 0 Å². The van der Waals surface area contributed by atoms with E-state index in [4.69, 9.17) is 10.2 Å². The first-order chi connectivity index (χ1) is 4.12. The van der Waals surface area contributed by atoms with E-state index < -0.39 is 9.84 Å². The van der Waals surface area contributed by atoms with Gasteiger partial charge >= 0.3 is 0 Å². The van der Waals surface area contributed by atoms with E-state index in [1.807, 2.05) is 0 Å². The lowest BCUT2D eigenvalue weighted by molar-refractivity contribution is 0.186. The molecule has 0 radical (unpaired) electrons. The lowest BCUT2D eigenvalue weighted by atomic mass is 10.8. The molecule has 54 valence electrons. The Balaban J connectivity index is 0.000000148. The fourth-order valence-corrected chi connectivity index (χ4v) is 0.408. The van der Waals surface area contributed by atoms with Crippen molar-refractivity contribution < 1.29 is 18.6 Å². The molecular formula is C4H8O4S. The highest BCUT2D eigenvalue weighted by atomic mass is 32.2. The Kier molecular flexibility index (Phi) is 3.44. The average molecular weight is 152 g/mol. The van der Waals surface area contributed by atoms with Crippen LogP contribution in [0, 0.1) is 0 Å². The largest absolute Gasteiger partial charge is 0.394 e. The second-order valence-electron chi connectivity index (χ2n) is 1.31. The van der Waals surface area contributed by atoms with Crippen LogP contribution in [0.25, 0.3) is 0 Å². The molecule has 0 aromatic carbocycles. The number of hydrogen-bond donors (Lipinski definition) is 2. The van der Waals surface area contributed by atoms with Crippen molar-refractivity contribution in [2.45, 2.75) is 0 Å². The number of rotatable bonds is 1. The zero-order valence-electron chi connectivity index (χ0n) is 4.69. The van der Waals surface area contributed by atoms with Crippen molar-refractivity contribution in [3.63, 3.8) is 0 Å². The highest BCUT2D eigenvalue weighted by Crippen LogP contribution is 2.07. The van der Waals surface area contributed by atoms with Gasteiger partial charge < -0.3 is 10.2 Å². The zero-order valence-corrected chi connectivity index (χ0v) is 5.50. The van der Waals surface area contributed by atoms with Crippen LogP contribution in [-0.4, -0.2) is 31.8 Å². The van der Waals surface area contributed by atoms with E-state index in [1.165, 1.54) is 0 Å². The van der Waals surface area contributed by atoms with Crippen molar-refractivity contribution in [3.05, 3.63) is 10.8 Å². The Labute approximate surface area is 53.4 Å². The minimum Gasteiger partial charge on any atom is -0.394 e. The molecule has 0 aliphatic carbocycles. The Morgan fingerprint density at radius 2 is 1.33 bits per heavy atom. The van der Waals surface area contributed by atoms with Gasteiger partial charge in [0.05, 0.1) is 13.2 Å². The minimum absolute atomic E-state index is 0.125. The standard InChI is InChI=1S/C2H2O2S.C2H6O2/c3-5(4)1-2-5;3-1-2-4/h1-2H;3-4H,1-2H2. The lowest BCUT2D eigenvalue weighted by Gasteiger charge is -1.70. The lowest BCUT2D eigenvalue weighted by Crippen LogP contribution is -1.85. The monoisotopic (exact) mass is 152 g/mol. The molecule has 0 spiro atoms. The first kappa shape index (κ1) is 8.61. The molecule has 0 saturated carbocycles. The van der Waals surface area contributed by atoms with Crippen LogP contribution in [0.3, 0.4) is 0 Å². The Bertz CT molecular complexity index is 149. The molecule has 2 N–H and O–H groups in total. The van der Waals surface area contributed by atoms with Crippen LogP contribution in [0.5, 0.6) is 0 Å². The third-order valence-electron chi connectivity index (χ3n) is 0.458. The molecule has 1 aliphatic heterocycles. The second-order valence-corrected chi connectivity index (χ2v) is 3.03. The maximum Gasteiger partial charge on any atom is 0.194 e. The highest BCUT2D eigenvalue weighted by molar-refractivity contribution is 8.03. The van der Waals surface area contributed by atoms with Crippen LogP contribution in [0.4, 0.5) is 0 Å². The zero-order chi connectivity index (χ0) is 7.33. The summed E-state index contributed by atoms with van der Waals surface area (Å²) in [6.45, 7) is -0.250. The van der Waals surface area contributed by atoms with Gasteiger partial charge in [-0.2, -0.15) is 0 Å². The molecular weight excluding hydrogens is 144 g/mol. The van der Waals surface area contributed by atoms with Crippen molar-refractivity contribution in [2.75, 3.05) is 13.2 Å². The van der Waals surface area contributed by atoms with E-state index in [0.29, 0.717) is 0 Å². The molecule has 1 aliphatic rings. The van der Waals surface area contributed by atoms with E-state index in [-0.39, 0.29) is 13.2 Å². The van der Waals surface area contributed by atoms with Gasteiger partial charge in [-0.15, -0.1) is 0 Å². The first-order valence-corrected chi connectivity index (χ1v) is 3.88. The average Bonchev–Trinajstić information content (AvgIpc) is 2.47. The van der Waals surface area contributed by atoms with E-state index in [9.17, 15) is 8.42 Å². The molecule has 0 unspecified atom stereocenters. The van der Waals surface area contributed by atoms with Crippen LogP contribution in [0.15, 0.2) is 10.8 Å². The summed E-state index contributed by atoms with van der Waals surface area (Å²) in [6.07, 6.45) is 0. The summed E-state index contributed by atoms with van der Waals surface area (Å²) in [5, 5.41) is 17.6. The predicted octanol–water partition coefficient (Wildman–Crippen LogP) is -1.14. The van der Waals surface area contributed by atoms with Crippen molar-refractivity contribution in [2.24, 2.45) is 0 Å². The molecule has 0 amide bonds. The van der Waals surface area contributed by atoms with E-state index in [0.717, 1.165) is 10.8 Å². The van der Waals surface area contributed by atoms with Gasteiger partial charge in [0.15, 0.2) is 9.84 Å². The summed E-state index contributed by atoms with van der Waals surface area (Å²) in [4.78, 5) is 0. The molecule has 5 heteroatoms. The maximum absolute atomic E-state index is 9.63. The smallest absolute Gasteiger partial charge is 0.194 e. The predicted molar refractivity (Wildman–Crippen MR) is 32.2 cm³/mol. The minimum atomic E-state index is -2.67. The summed E-state index contributed by atoms with van der Waals surface area (Å²) in [5.41, 5.74) is 0. The summed E-state index contributed by atoms with van der Waals surface area (Å²) in [6, 6.07) is 0. The van der Waals surface area contributed by atoms with Gasteiger partial charge in [0.1, 0.15) is 0 Å². The Morgan fingerprint density at radius 3 is 1.33 bits per heavy atom. The van der Waals surface area contributed by atoms with Gasteiger partial charge in [-0.25, -0.2) is 8.42 Å². The van der Waals surface area contributed by atoms with Crippen LogP contribution >= 0.6 is 0 Å². The van der Waals surface area contributed by atoms with Crippen molar-refractivity contribution in [1.82, 2.24) is 0 Å². The summed E-state index contributed by atoms with van der Waals surface area (Å²) in [5.74, 6) is 0. The van der Waals surface area contributed by atoms with Crippen LogP contribution in [0.2, 0.25) is 0 Å². The fraction of sp³-hybridized carbons (Fsp3) is 0.500. The molecule has 0 bridgehead atoms.